The van der Waals surface area contributed by atoms with Gasteiger partial charge in [0.25, 0.3) is 11.8 Å². The lowest BCUT2D eigenvalue weighted by Gasteiger charge is -2.13. The molecule has 7 nitrogen and oxygen atoms in total. The van der Waals surface area contributed by atoms with Gasteiger partial charge in [-0.3, -0.25) is 20.4 Å². The van der Waals surface area contributed by atoms with Crippen LogP contribution in [0, 0.1) is 6.92 Å². The molecular formula is C24H24N2O5. The van der Waals surface area contributed by atoms with E-state index in [-0.39, 0.29) is 13.2 Å². The number of nitrogens with one attached hydrogen (secondary N) is 2. The molecule has 2 N–H and O–H groups in total. The Hall–Kier alpha value is -4.00. The lowest BCUT2D eigenvalue weighted by Crippen LogP contribution is -2.44. The maximum absolute atomic E-state index is 12.5. The van der Waals surface area contributed by atoms with Crippen molar-refractivity contribution in [2.75, 3.05) is 19.8 Å². The number of ether oxygens (including phenoxy) is 3. The van der Waals surface area contributed by atoms with Gasteiger partial charge in [0.2, 0.25) is 0 Å². The van der Waals surface area contributed by atoms with E-state index in [1.165, 1.54) is 0 Å². The molecule has 0 saturated carbocycles. The maximum atomic E-state index is 12.5. The molecule has 0 spiro atoms. The summed E-state index contributed by atoms with van der Waals surface area (Å²) in [7, 11) is 0. The Kier molecular flexibility index (Phi) is 7.88. The predicted octanol–water partition coefficient (Wildman–Crippen LogP) is 3.29. The van der Waals surface area contributed by atoms with E-state index in [2.05, 4.69) is 10.9 Å². The Labute approximate surface area is 180 Å². The third-order valence-electron chi connectivity index (χ3n) is 4.16. The van der Waals surface area contributed by atoms with E-state index >= 15 is 0 Å². The Morgan fingerprint density at radius 2 is 1.45 bits per heavy atom. The molecule has 0 bridgehead atoms. The minimum absolute atomic E-state index is 0.224. The first-order chi connectivity index (χ1) is 15.1. The van der Waals surface area contributed by atoms with Gasteiger partial charge in [0.15, 0.2) is 6.61 Å². The second kappa shape index (κ2) is 11.3. The highest BCUT2D eigenvalue weighted by Gasteiger charge is 2.13. The van der Waals surface area contributed by atoms with Gasteiger partial charge < -0.3 is 14.2 Å². The van der Waals surface area contributed by atoms with Crippen molar-refractivity contribution >= 4 is 11.8 Å². The molecule has 160 valence electrons. The largest absolute Gasteiger partial charge is 0.490 e. The SMILES string of the molecule is Cc1cccc(OCC(=O)NNC(=O)c2ccccc2OCCOc2ccccc2)c1. The third kappa shape index (κ3) is 7.08. The van der Waals surface area contributed by atoms with Crippen LogP contribution in [0.2, 0.25) is 0 Å². The standard InChI is InChI=1S/C24H24N2O5/c1-18-8-7-11-20(16-18)31-17-23(27)25-26-24(28)21-12-5-6-13-22(21)30-15-14-29-19-9-3-2-4-10-19/h2-13,16H,14-15,17H2,1H3,(H,25,27)(H,26,28). The van der Waals surface area contributed by atoms with Crippen molar-refractivity contribution in [2.45, 2.75) is 6.92 Å². The van der Waals surface area contributed by atoms with E-state index in [9.17, 15) is 9.59 Å². The zero-order valence-electron chi connectivity index (χ0n) is 17.2. The van der Waals surface area contributed by atoms with Crippen molar-refractivity contribution < 1.29 is 23.8 Å². The number of amides is 2. The van der Waals surface area contributed by atoms with Crippen LogP contribution in [-0.2, 0) is 4.79 Å². The van der Waals surface area contributed by atoms with Crippen molar-refractivity contribution in [3.8, 4) is 17.2 Å². The Bertz CT molecular complexity index is 1010. The first kappa shape index (κ1) is 21.7. The number of hydrazine groups is 1. The summed E-state index contributed by atoms with van der Waals surface area (Å²) < 4.78 is 16.7. The van der Waals surface area contributed by atoms with Crippen LogP contribution in [-0.4, -0.2) is 31.6 Å². The van der Waals surface area contributed by atoms with Gasteiger partial charge >= 0.3 is 0 Å². The lowest BCUT2D eigenvalue weighted by molar-refractivity contribution is -0.123. The number of hydrogen-bond acceptors (Lipinski definition) is 5. The van der Waals surface area contributed by atoms with Crippen LogP contribution in [0.3, 0.4) is 0 Å². The number of hydrogen-bond donors (Lipinski definition) is 2. The number of carbonyl (C=O) groups excluding carboxylic acids is 2. The smallest absolute Gasteiger partial charge is 0.276 e. The van der Waals surface area contributed by atoms with E-state index in [0.717, 1.165) is 11.3 Å². The highest BCUT2D eigenvalue weighted by atomic mass is 16.5. The molecule has 2 amide bonds. The van der Waals surface area contributed by atoms with Crippen molar-refractivity contribution in [3.63, 3.8) is 0 Å². The minimum Gasteiger partial charge on any atom is -0.490 e. The Balaban J connectivity index is 1.44. The Morgan fingerprint density at radius 3 is 2.26 bits per heavy atom. The van der Waals surface area contributed by atoms with Gasteiger partial charge in [-0.05, 0) is 48.9 Å². The fraction of sp³-hybridized carbons (Fsp3) is 0.167. The van der Waals surface area contributed by atoms with E-state index in [1.54, 1.807) is 30.3 Å². The summed E-state index contributed by atoms with van der Waals surface area (Å²) in [4.78, 5) is 24.4. The molecular weight excluding hydrogens is 396 g/mol. The highest BCUT2D eigenvalue weighted by molar-refractivity contribution is 5.97. The summed E-state index contributed by atoms with van der Waals surface area (Å²) >= 11 is 0. The van der Waals surface area contributed by atoms with Crippen molar-refractivity contribution in [1.82, 2.24) is 10.9 Å². The average molecular weight is 420 g/mol. The summed E-state index contributed by atoms with van der Waals surface area (Å²) in [5, 5.41) is 0. The number of aryl methyl sites for hydroxylation is 1. The monoisotopic (exact) mass is 420 g/mol. The average Bonchev–Trinajstić information content (AvgIpc) is 2.80. The summed E-state index contributed by atoms with van der Waals surface area (Å²) in [6.45, 7) is 2.29. The number of para-hydroxylation sites is 2. The molecule has 3 aromatic rings. The van der Waals surface area contributed by atoms with E-state index in [1.807, 2.05) is 55.5 Å². The van der Waals surface area contributed by atoms with Gasteiger partial charge in [-0.1, -0.05) is 42.5 Å². The fourth-order valence-corrected chi connectivity index (χ4v) is 2.69. The molecule has 0 aromatic heterocycles. The molecule has 0 unspecified atom stereocenters. The van der Waals surface area contributed by atoms with Crippen LogP contribution in [0.15, 0.2) is 78.9 Å². The molecule has 0 atom stereocenters. The quantitative estimate of drug-likeness (QED) is 0.410. The van der Waals surface area contributed by atoms with Crippen LogP contribution >= 0.6 is 0 Å². The van der Waals surface area contributed by atoms with Gasteiger partial charge in [0.05, 0.1) is 5.56 Å². The molecule has 0 aliphatic carbocycles. The summed E-state index contributed by atoms with van der Waals surface area (Å²) in [6, 6.07) is 23.5. The Morgan fingerprint density at radius 1 is 0.742 bits per heavy atom. The van der Waals surface area contributed by atoms with E-state index < -0.39 is 11.8 Å². The van der Waals surface area contributed by atoms with Gasteiger partial charge in [-0.15, -0.1) is 0 Å². The summed E-state index contributed by atoms with van der Waals surface area (Å²) in [5.41, 5.74) is 6.03. The molecule has 0 heterocycles. The molecule has 7 heteroatoms. The molecule has 0 radical (unpaired) electrons. The third-order valence-corrected chi connectivity index (χ3v) is 4.16. The molecule has 0 aliphatic heterocycles. The lowest BCUT2D eigenvalue weighted by atomic mass is 10.2. The van der Waals surface area contributed by atoms with Gasteiger partial charge in [-0.2, -0.15) is 0 Å². The normalized spacial score (nSPS) is 10.1. The second-order valence-electron chi connectivity index (χ2n) is 6.61. The van der Waals surface area contributed by atoms with Crippen LogP contribution in [0.4, 0.5) is 0 Å². The van der Waals surface area contributed by atoms with Crippen LogP contribution in [0.25, 0.3) is 0 Å². The van der Waals surface area contributed by atoms with Crippen LogP contribution < -0.4 is 25.1 Å². The van der Waals surface area contributed by atoms with Crippen molar-refractivity contribution in [3.05, 3.63) is 90.0 Å². The molecule has 0 saturated heterocycles. The first-order valence-corrected chi connectivity index (χ1v) is 9.80. The molecule has 0 fully saturated rings. The molecule has 3 aromatic carbocycles. The van der Waals surface area contributed by atoms with E-state index in [0.29, 0.717) is 23.7 Å². The second-order valence-corrected chi connectivity index (χ2v) is 6.61. The first-order valence-electron chi connectivity index (χ1n) is 9.80. The van der Waals surface area contributed by atoms with Crippen LogP contribution in [0.1, 0.15) is 15.9 Å². The van der Waals surface area contributed by atoms with Crippen molar-refractivity contribution in [1.29, 1.82) is 0 Å². The molecule has 3 rings (SSSR count). The van der Waals surface area contributed by atoms with E-state index in [4.69, 9.17) is 14.2 Å². The predicted molar refractivity (Wildman–Crippen MR) is 116 cm³/mol. The zero-order valence-corrected chi connectivity index (χ0v) is 17.2. The molecule has 31 heavy (non-hydrogen) atoms. The summed E-state index contributed by atoms with van der Waals surface area (Å²) in [6.07, 6.45) is 0. The topological polar surface area (TPSA) is 85.9 Å². The number of carbonyl (C=O) groups is 2. The van der Waals surface area contributed by atoms with Gasteiger partial charge in [-0.25, -0.2) is 0 Å². The van der Waals surface area contributed by atoms with Gasteiger partial charge in [0, 0.05) is 0 Å². The maximum Gasteiger partial charge on any atom is 0.276 e. The number of rotatable bonds is 9. The zero-order chi connectivity index (χ0) is 21.9. The number of benzene rings is 3. The van der Waals surface area contributed by atoms with Crippen molar-refractivity contribution in [2.24, 2.45) is 0 Å². The van der Waals surface area contributed by atoms with Crippen LogP contribution in [0.5, 0.6) is 17.2 Å². The highest BCUT2D eigenvalue weighted by Crippen LogP contribution is 2.18. The fourth-order valence-electron chi connectivity index (χ4n) is 2.69. The minimum atomic E-state index is -0.497. The van der Waals surface area contributed by atoms with Gasteiger partial charge in [0.1, 0.15) is 30.5 Å². The molecule has 0 aliphatic rings. The summed E-state index contributed by atoms with van der Waals surface area (Å²) in [5.74, 6) is 0.737.